The summed E-state index contributed by atoms with van der Waals surface area (Å²) in [6, 6.07) is 3.06. The van der Waals surface area contributed by atoms with Crippen LogP contribution in [0.15, 0.2) is 30.5 Å². The van der Waals surface area contributed by atoms with Crippen LogP contribution in [-0.4, -0.2) is 63.6 Å². The molecule has 10 nitrogen and oxygen atoms in total. The number of amides is 3. The van der Waals surface area contributed by atoms with Gasteiger partial charge < -0.3 is 20.1 Å². The summed E-state index contributed by atoms with van der Waals surface area (Å²) in [5, 5.41) is 4.87. The first-order chi connectivity index (χ1) is 18.1. The molecule has 2 N–H and O–H groups in total. The van der Waals surface area contributed by atoms with E-state index in [2.05, 4.69) is 20.6 Å². The maximum Gasteiger partial charge on any atom is 0.451 e. The number of aromatic nitrogens is 2. The van der Waals surface area contributed by atoms with Crippen molar-refractivity contribution in [2.24, 2.45) is 0 Å². The van der Waals surface area contributed by atoms with Crippen LogP contribution in [0.5, 0.6) is 5.75 Å². The van der Waals surface area contributed by atoms with Crippen molar-refractivity contribution in [1.82, 2.24) is 20.2 Å². The SMILES string of the molecule is CC(C)(C)OC(=O)N1CC(NC(=O)COc2ccc(Cl)c(F)c2)CCC1C(=O)Nc1ccnc(C(F)(F)F)n1. The number of nitrogens with one attached hydrogen (secondary N) is 2. The number of hydrogen-bond acceptors (Lipinski definition) is 7. The van der Waals surface area contributed by atoms with Crippen LogP contribution in [0.1, 0.15) is 39.4 Å². The Morgan fingerprint density at radius 3 is 2.51 bits per heavy atom. The summed E-state index contributed by atoms with van der Waals surface area (Å²) < 4.78 is 63.1. The van der Waals surface area contributed by atoms with E-state index in [-0.39, 0.29) is 30.2 Å². The Balaban J connectivity index is 1.68. The minimum Gasteiger partial charge on any atom is -0.484 e. The molecule has 2 atom stereocenters. The Kier molecular flexibility index (Phi) is 9.20. The lowest BCUT2D eigenvalue weighted by Gasteiger charge is -2.39. The smallest absolute Gasteiger partial charge is 0.451 e. The summed E-state index contributed by atoms with van der Waals surface area (Å²) in [5.41, 5.74) is -0.912. The van der Waals surface area contributed by atoms with Gasteiger partial charge in [0, 0.05) is 24.8 Å². The largest absolute Gasteiger partial charge is 0.484 e. The molecule has 1 aromatic heterocycles. The van der Waals surface area contributed by atoms with Crippen molar-refractivity contribution in [1.29, 1.82) is 0 Å². The Hall–Kier alpha value is -3.68. The van der Waals surface area contributed by atoms with E-state index in [0.29, 0.717) is 0 Å². The zero-order valence-corrected chi connectivity index (χ0v) is 21.9. The number of anilines is 1. The average molecular weight is 576 g/mol. The standard InChI is InChI=1S/C24H26ClF4N5O5/c1-23(2,3)39-22(37)34-11-13(31-19(35)12-38-14-5-6-15(25)16(26)10-14)4-7-17(34)20(36)32-18-8-9-30-21(33-18)24(27,28)29/h5-6,8-10,13,17H,4,7,11-12H2,1-3H3,(H,31,35)(H,30,32,33,36). The molecular weight excluding hydrogens is 550 g/mol. The number of carbonyl (C=O) groups excluding carboxylic acids is 3. The summed E-state index contributed by atoms with van der Waals surface area (Å²) in [6.07, 6.45) is -4.52. The number of likely N-dealkylation sites (tertiary alicyclic amines) is 1. The molecule has 2 aromatic rings. The Morgan fingerprint density at radius 2 is 1.87 bits per heavy atom. The molecule has 2 heterocycles. The lowest BCUT2D eigenvalue weighted by Crippen LogP contribution is -2.58. The molecular formula is C24H26ClF4N5O5. The normalized spacial score (nSPS) is 17.8. The topological polar surface area (TPSA) is 123 Å². The molecule has 1 saturated heterocycles. The van der Waals surface area contributed by atoms with Gasteiger partial charge in [0.1, 0.15) is 29.0 Å². The minimum atomic E-state index is -4.81. The average Bonchev–Trinajstić information content (AvgIpc) is 2.83. The highest BCUT2D eigenvalue weighted by Gasteiger charge is 2.39. The maximum absolute atomic E-state index is 13.6. The monoisotopic (exact) mass is 575 g/mol. The van der Waals surface area contributed by atoms with Crippen LogP contribution in [0.4, 0.5) is 28.2 Å². The number of piperidine rings is 1. The maximum atomic E-state index is 13.6. The van der Waals surface area contributed by atoms with E-state index < -0.39 is 65.8 Å². The second-order valence-electron chi connectivity index (χ2n) is 9.61. The van der Waals surface area contributed by atoms with Gasteiger partial charge >= 0.3 is 12.3 Å². The van der Waals surface area contributed by atoms with Gasteiger partial charge in [0.15, 0.2) is 6.61 Å². The van der Waals surface area contributed by atoms with Gasteiger partial charge in [0.05, 0.1) is 5.02 Å². The van der Waals surface area contributed by atoms with E-state index in [1.54, 1.807) is 20.8 Å². The van der Waals surface area contributed by atoms with Gasteiger partial charge in [-0.1, -0.05) is 11.6 Å². The molecule has 2 unspecified atom stereocenters. The van der Waals surface area contributed by atoms with Crippen LogP contribution in [0.25, 0.3) is 0 Å². The van der Waals surface area contributed by atoms with Crippen molar-refractivity contribution in [2.45, 2.75) is 57.5 Å². The fraction of sp³-hybridized carbons (Fsp3) is 0.458. The van der Waals surface area contributed by atoms with Crippen LogP contribution in [0.2, 0.25) is 5.02 Å². The van der Waals surface area contributed by atoms with E-state index in [4.69, 9.17) is 21.1 Å². The molecule has 0 spiro atoms. The number of nitrogens with zero attached hydrogens (tertiary/aromatic N) is 3. The number of rotatable bonds is 6. The van der Waals surface area contributed by atoms with Gasteiger partial charge in [-0.2, -0.15) is 13.2 Å². The molecule has 39 heavy (non-hydrogen) atoms. The molecule has 3 amide bonds. The van der Waals surface area contributed by atoms with Crippen molar-refractivity contribution < 1.29 is 41.4 Å². The first-order valence-electron chi connectivity index (χ1n) is 11.7. The zero-order chi connectivity index (χ0) is 29.0. The van der Waals surface area contributed by atoms with Crippen molar-refractivity contribution in [3.63, 3.8) is 0 Å². The summed E-state index contributed by atoms with van der Waals surface area (Å²) >= 11 is 5.62. The zero-order valence-electron chi connectivity index (χ0n) is 21.1. The number of alkyl halides is 3. The molecule has 0 bridgehead atoms. The van der Waals surface area contributed by atoms with E-state index in [1.807, 2.05) is 0 Å². The predicted molar refractivity (Wildman–Crippen MR) is 130 cm³/mol. The van der Waals surface area contributed by atoms with E-state index in [0.717, 1.165) is 23.2 Å². The van der Waals surface area contributed by atoms with E-state index >= 15 is 0 Å². The fourth-order valence-electron chi connectivity index (χ4n) is 3.64. The van der Waals surface area contributed by atoms with Gasteiger partial charge in [0.2, 0.25) is 11.7 Å². The van der Waals surface area contributed by atoms with Crippen LogP contribution in [-0.2, 0) is 20.5 Å². The molecule has 3 rings (SSSR count). The molecule has 1 aliphatic heterocycles. The van der Waals surface area contributed by atoms with E-state index in [1.165, 1.54) is 12.1 Å². The van der Waals surface area contributed by atoms with Gasteiger partial charge in [0.25, 0.3) is 5.91 Å². The molecule has 1 aromatic carbocycles. The third-order valence-electron chi connectivity index (χ3n) is 5.30. The van der Waals surface area contributed by atoms with Crippen LogP contribution in [0, 0.1) is 5.82 Å². The Labute approximate surface area is 226 Å². The second-order valence-corrected chi connectivity index (χ2v) is 10.0. The van der Waals surface area contributed by atoms with Gasteiger partial charge in [-0.25, -0.2) is 19.2 Å². The second kappa shape index (κ2) is 12.0. The molecule has 0 radical (unpaired) electrons. The van der Waals surface area contributed by atoms with Crippen molar-refractivity contribution in [3.8, 4) is 5.75 Å². The molecule has 212 valence electrons. The van der Waals surface area contributed by atoms with Crippen LogP contribution in [0.3, 0.4) is 0 Å². The van der Waals surface area contributed by atoms with E-state index in [9.17, 15) is 31.9 Å². The number of hydrogen-bond donors (Lipinski definition) is 2. The van der Waals surface area contributed by atoms with Crippen molar-refractivity contribution >= 4 is 35.3 Å². The number of carbonyl (C=O) groups is 3. The quantitative estimate of drug-likeness (QED) is 0.495. The summed E-state index contributed by atoms with van der Waals surface area (Å²) in [7, 11) is 0. The van der Waals surface area contributed by atoms with Crippen LogP contribution >= 0.6 is 11.6 Å². The number of benzene rings is 1. The van der Waals surface area contributed by atoms with Gasteiger partial charge in [-0.15, -0.1) is 0 Å². The van der Waals surface area contributed by atoms with Crippen molar-refractivity contribution in [3.05, 3.63) is 47.1 Å². The lowest BCUT2D eigenvalue weighted by molar-refractivity contribution is -0.145. The molecule has 1 aliphatic rings. The Bertz CT molecular complexity index is 1220. The first-order valence-corrected chi connectivity index (χ1v) is 12.1. The van der Waals surface area contributed by atoms with Gasteiger partial charge in [-0.05, 0) is 51.8 Å². The number of halogens is 5. The van der Waals surface area contributed by atoms with Gasteiger partial charge in [-0.3, -0.25) is 14.5 Å². The molecule has 0 aliphatic carbocycles. The third kappa shape index (κ3) is 8.67. The van der Waals surface area contributed by atoms with Crippen LogP contribution < -0.4 is 15.4 Å². The summed E-state index contributed by atoms with van der Waals surface area (Å²) in [5.74, 6) is -3.80. The molecule has 15 heteroatoms. The highest BCUT2D eigenvalue weighted by Crippen LogP contribution is 2.27. The Morgan fingerprint density at radius 1 is 1.15 bits per heavy atom. The summed E-state index contributed by atoms with van der Waals surface area (Å²) in [6.45, 7) is 4.29. The number of ether oxygens (including phenoxy) is 2. The molecule has 1 fully saturated rings. The minimum absolute atomic E-state index is 0.0521. The highest BCUT2D eigenvalue weighted by atomic mass is 35.5. The molecule has 0 saturated carbocycles. The lowest BCUT2D eigenvalue weighted by atomic mass is 9.97. The third-order valence-corrected chi connectivity index (χ3v) is 5.61. The predicted octanol–water partition coefficient (Wildman–Crippen LogP) is 4.19. The van der Waals surface area contributed by atoms with Crippen molar-refractivity contribution in [2.75, 3.05) is 18.5 Å². The fourth-order valence-corrected chi connectivity index (χ4v) is 3.76. The summed E-state index contributed by atoms with van der Waals surface area (Å²) in [4.78, 5) is 45.9. The first kappa shape index (κ1) is 29.9. The highest BCUT2D eigenvalue weighted by molar-refractivity contribution is 6.30.